The Morgan fingerprint density at radius 1 is 1.06 bits per heavy atom. The molecule has 0 aliphatic rings. The number of anilines is 1. The fourth-order valence-corrected chi connectivity index (χ4v) is 2.57. The zero-order valence-electron chi connectivity index (χ0n) is 11.7. The molecule has 0 aliphatic heterocycles. The fraction of sp³-hybridized carbons (Fsp3) is 0.571. The molecule has 0 radical (unpaired) electrons. The van der Waals surface area contributed by atoms with Crippen molar-refractivity contribution in [1.82, 2.24) is 0 Å². The van der Waals surface area contributed by atoms with Gasteiger partial charge in [-0.15, -0.1) is 0 Å². The molecule has 0 fully saturated rings. The zero-order chi connectivity index (χ0) is 13.8. The third kappa shape index (κ3) is 3.48. The second kappa shape index (κ2) is 5.74. The predicted molar refractivity (Wildman–Crippen MR) is 76.8 cm³/mol. The largest absolute Gasteiger partial charge is 0.380 e. The van der Waals surface area contributed by atoms with E-state index in [-0.39, 0.29) is 11.3 Å². The monoisotopic (exact) mass is 269 g/mol. The summed E-state index contributed by atoms with van der Waals surface area (Å²) in [4.78, 5) is 0.394. The Hall–Kier alpha value is -1.03. The van der Waals surface area contributed by atoms with E-state index in [1.165, 1.54) is 0 Å². The van der Waals surface area contributed by atoms with Gasteiger partial charge in [-0.1, -0.05) is 20.8 Å². The van der Waals surface area contributed by atoms with Crippen molar-refractivity contribution in [3.63, 3.8) is 0 Å². The van der Waals surface area contributed by atoms with Crippen LogP contribution in [0.4, 0.5) is 5.69 Å². The van der Waals surface area contributed by atoms with E-state index >= 15 is 0 Å². The molecule has 1 aromatic rings. The van der Waals surface area contributed by atoms with Crippen LogP contribution in [0.5, 0.6) is 0 Å². The summed E-state index contributed by atoms with van der Waals surface area (Å²) in [5.41, 5.74) is 1.03. The molecular formula is C14H23NO2S. The van der Waals surface area contributed by atoms with E-state index < -0.39 is 9.84 Å². The van der Waals surface area contributed by atoms with Crippen LogP contribution in [-0.2, 0) is 9.84 Å². The van der Waals surface area contributed by atoms with Crippen LogP contribution in [0.2, 0.25) is 0 Å². The molecule has 1 aromatic carbocycles. The van der Waals surface area contributed by atoms with Crippen LogP contribution in [0.25, 0.3) is 0 Å². The second-order valence-electron chi connectivity index (χ2n) is 4.82. The molecule has 3 nitrogen and oxygen atoms in total. The lowest BCUT2D eigenvalue weighted by Crippen LogP contribution is -2.32. The average Bonchev–Trinajstić information content (AvgIpc) is 2.39. The molecule has 0 heterocycles. The van der Waals surface area contributed by atoms with Crippen molar-refractivity contribution in [2.75, 3.05) is 11.1 Å². The van der Waals surface area contributed by atoms with Gasteiger partial charge in [0.25, 0.3) is 0 Å². The summed E-state index contributed by atoms with van der Waals surface area (Å²) in [7, 11) is -3.10. The van der Waals surface area contributed by atoms with Crippen LogP contribution in [0.1, 0.15) is 40.5 Å². The SMILES string of the molecule is CCC(C)(CC)Nc1ccc(S(=O)(=O)CC)cc1. The molecule has 0 aromatic heterocycles. The maximum atomic E-state index is 11.7. The number of sulfone groups is 1. The molecule has 4 heteroatoms. The summed E-state index contributed by atoms with van der Waals surface area (Å²) in [6, 6.07) is 7.03. The summed E-state index contributed by atoms with van der Waals surface area (Å²) in [6.07, 6.45) is 2.05. The summed E-state index contributed by atoms with van der Waals surface area (Å²) in [5, 5.41) is 3.46. The topological polar surface area (TPSA) is 46.2 Å². The Morgan fingerprint density at radius 3 is 1.94 bits per heavy atom. The lowest BCUT2D eigenvalue weighted by molar-refractivity contribution is 0.478. The van der Waals surface area contributed by atoms with Gasteiger partial charge in [0.15, 0.2) is 9.84 Å². The molecule has 0 atom stereocenters. The van der Waals surface area contributed by atoms with E-state index in [0.29, 0.717) is 4.90 Å². The highest BCUT2D eigenvalue weighted by Gasteiger charge is 2.19. The Kier molecular flexibility index (Phi) is 4.79. The quantitative estimate of drug-likeness (QED) is 0.860. The fourth-order valence-electron chi connectivity index (χ4n) is 1.69. The molecule has 1 rings (SSSR count). The predicted octanol–water partition coefficient (Wildman–Crippen LogP) is 3.47. The molecule has 18 heavy (non-hydrogen) atoms. The first-order valence-corrected chi connectivity index (χ1v) is 8.13. The normalized spacial score (nSPS) is 12.4. The lowest BCUT2D eigenvalue weighted by Gasteiger charge is -2.29. The minimum absolute atomic E-state index is 0.0607. The van der Waals surface area contributed by atoms with Gasteiger partial charge in [-0.2, -0.15) is 0 Å². The first kappa shape index (κ1) is 15.0. The van der Waals surface area contributed by atoms with E-state index in [1.54, 1.807) is 19.1 Å². The number of benzene rings is 1. The smallest absolute Gasteiger partial charge is 0.178 e. The molecular weight excluding hydrogens is 246 g/mol. The van der Waals surface area contributed by atoms with E-state index in [9.17, 15) is 8.42 Å². The van der Waals surface area contributed by atoms with E-state index in [1.807, 2.05) is 12.1 Å². The van der Waals surface area contributed by atoms with Crippen molar-refractivity contribution < 1.29 is 8.42 Å². The molecule has 0 saturated carbocycles. The molecule has 1 N–H and O–H groups in total. The molecule has 0 unspecified atom stereocenters. The summed E-state index contributed by atoms with van der Waals surface area (Å²) in [5.74, 6) is 0.140. The summed E-state index contributed by atoms with van der Waals surface area (Å²) in [6.45, 7) is 8.12. The highest BCUT2D eigenvalue weighted by molar-refractivity contribution is 7.91. The Balaban J connectivity index is 2.91. The summed E-state index contributed by atoms with van der Waals surface area (Å²) >= 11 is 0. The van der Waals surface area contributed by atoms with Crippen molar-refractivity contribution >= 4 is 15.5 Å². The summed E-state index contributed by atoms with van der Waals surface area (Å²) < 4.78 is 23.4. The van der Waals surface area contributed by atoms with Gasteiger partial charge in [0.05, 0.1) is 10.6 Å². The van der Waals surface area contributed by atoms with Gasteiger partial charge < -0.3 is 5.32 Å². The van der Waals surface area contributed by atoms with Crippen LogP contribution < -0.4 is 5.32 Å². The standard InChI is InChI=1S/C14H23NO2S/c1-5-14(4,6-2)15-12-8-10-13(11-9-12)18(16,17)7-3/h8-11,15H,5-7H2,1-4H3. The van der Waals surface area contributed by atoms with Gasteiger partial charge >= 0.3 is 0 Å². The minimum atomic E-state index is -3.10. The number of rotatable bonds is 6. The first-order chi connectivity index (χ1) is 8.37. The maximum Gasteiger partial charge on any atom is 0.178 e. The van der Waals surface area contributed by atoms with Gasteiger partial charge in [0.2, 0.25) is 0 Å². The van der Waals surface area contributed by atoms with Crippen molar-refractivity contribution in [2.45, 2.75) is 51.0 Å². The Bertz CT molecular complexity index is 473. The van der Waals surface area contributed by atoms with Crippen LogP contribution in [0, 0.1) is 0 Å². The second-order valence-corrected chi connectivity index (χ2v) is 7.10. The third-order valence-electron chi connectivity index (χ3n) is 3.60. The van der Waals surface area contributed by atoms with Crippen LogP contribution >= 0.6 is 0 Å². The van der Waals surface area contributed by atoms with Gasteiger partial charge in [0, 0.05) is 11.2 Å². The van der Waals surface area contributed by atoms with E-state index in [2.05, 4.69) is 26.1 Å². The molecule has 0 amide bonds. The molecule has 0 aliphatic carbocycles. The van der Waals surface area contributed by atoms with Gasteiger partial charge in [-0.25, -0.2) is 8.42 Å². The number of nitrogens with one attached hydrogen (secondary N) is 1. The van der Waals surface area contributed by atoms with Crippen molar-refractivity contribution in [3.8, 4) is 0 Å². The minimum Gasteiger partial charge on any atom is -0.380 e. The zero-order valence-corrected chi connectivity index (χ0v) is 12.5. The Morgan fingerprint density at radius 2 is 1.56 bits per heavy atom. The number of hydrogen-bond donors (Lipinski definition) is 1. The molecule has 0 saturated heterocycles. The molecule has 0 bridgehead atoms. The Labute approximate surface area is 111 Å². The van der Waals surface area contributed by atoms with Crippen molar-refractivity contribution in [2.24, 2.45) is 0 Å². The van der Waals surface area contributed by atoms with E-state index in [4.69, 9.17) is 0 Å². The highest BCUT2D eigenvalue weighted by Crippen LogP contribution is 2.23. The van der Waals surface area contributed by atoms with Crippen molar-refractivity contribution in [1.29, 1.82) is 0 Å². The first-order valence-electron chi connectivity index (χ1n) is 6.48. The van der Waals surface area contributed by atoms with Gasteiger partial charge in [-0.05, 0) is 44.0 Å². The maximum absolute atomic E-state index is 11.7. The molecule has 0 spiro atoms. The average molecular weight is 269 g/mol. The van der Waals surface area contributed by atoms with Crippen LogP contribution in [0.15, 0.2) is 29.2 Å². The van der Waals surface area contributed by atoms with E-state index in [0.717, 1.165) is 18.5 Å². The third-order valence-corrected chi connectivity index (χ3v) is 5.35. The lowest BCUT2D eigenvalue weighted by atomic mass is 9.95. The highest BCUT2D eigenvalue weighted by atomic mass is 32.2. The van der Waals surface area contributed by atoms with Crippen LogP contribution in [-0.4, -0.2) is 19.7 Å². The number of hydrogen-bond acceptors (Lipinski definition) is 3. The molecule has 102 valence electrons. The van der Waals surface area contributed by atoms with Crippen LogP contribution in [0.3, 0.4) is 0 Å². The van der Waals surface area contributed by atoms with Gasteiger partial charge in [0.1, 0.15) is 0 Å². The van der Waals surface area contributed by atoms with Crippen molar-refractivity contribution in [3.05, 3.63) is 24.3 Å². The van der Waals surface area contributed by atoms with Gasteiger partial charge in [-0.3, -0.25) is 0 Å².